The Labute approximate surface area is 151 Å². The molecule has 0 saturated carbocycles. The summed E-state index contributed by atoms with van der Waals surface area (Å²) in [6, 6.07) is 7.09. The lowest BCUT2D eigenvalue weighted by Crippen LogP contribution is -2.46. The number of methoxy groups -OCH3 is 2. The quantitative estimate of drug-likeness (QED) is 0.848. The van der Waals surface area contributed by atoms with Crippen LogP contribution in [0.2, 0.25) is 0 Å². The molecule has 1 aliphatic rings. The third-order valence-corrected chi connectivity index (χ3v) is 5.45. The third-order valence-electron chi connectivity index (χ3n) is 4.75. The number of benzene rings is 1. The van der Waals surface area contributed by atoms with E-state index < -0.39 is 12.0 Å². The van der Waals surface area contributed by atoms with Crippen molar-refractivity contribution in [1.82, 2.24) is 4.90 Å². The van der Waals surface area contributed by atoms with Gasteiger partial charge >= 0.3 is 5.97 Å². The molecule has 1 saturated heterocycles. The van der Waals surface area contributed by atoms with E-state index in [0.29, 0.717) is 6.42 Å². The molecule has 0 aliphatic carbocycles. The highest BCUT2D eigenvalue weighted by atomic mass is 32.1. The minimum Gasteiger partial charge on any atom is -0.497 e. The molecule has 3 rings (SSSR count). The Balaban J connectivity index is 2.11. The van der Waals surface area contributed by atoms with Gasteiger partial charge in [-0.3, -0.25) is 9.69 Å². The van der Waals surface area contributed by atoms with Gasteiger partial charge in [-0.25, -0.2) is 0 Å². The highest BCUT2D eigenvalue weighted by Gasteiger charge is 2.36. The van der Waals surface area contributed by atoms with E-state index in [-0.39, 0.29) is 6.04 Å². The van der Waals surface area contributed by atoms with E-state index in [9.17, 15) is 9.90 Å². The zero-order valence-corrected chi connectivity index (χ0v) is 15.3. The van der Waals surface area contributed by atoms with Crippen molar-refractivity contribution < 1.29 is 19.4 Å². The molecule has 2 aromatic rings. The van der Waals surface area contributed by atoms with Crippen molar-refractivity contribution in [3.63, 3.8) is 0 Å². The number of rotatable bonds is 6. The number of piperidine rings is 1. The van der Waals surface area contributed by atoms with Crippen molar-refractivity contribution in [2.24, 2.45) is 0 Å². The topological polar surface area (TPSA) is 59.0 Å². The number of aliphatic carboxylic acids is 1. The second-order valence-corrected chi connectivity index (χ2v) is 6.93. The number of carbonyl (C=O) groups is 1. The molecule has 0 spiro atoms. The zero-order chi connectivity index (χ0) is 17.8. The SMILES string of the molecule is COc1ccc(OC)c(C(c2ccsc2)N2CCCCC2C(=O)O)c1. The molecule has 1 fully saturated rings. The molecule has 2 atom stereocenters. The van der Waals surface area contributed by atoms with Gasteiger partial charge < -0.3 is 14.6 Å². The van der Waals surface area contributed by atoms with Gasteiger partial charge in [-0.15, -0.1) is 0 Å². The summed E-state index contributed by atoms with van der Waals surface area (Å²) in [5.41, 5.74) is 2.03. The highest BCUT2D eigenvalue weighted by Crippen LogP contribution is 2.40. The standard InChI is InChI=1S/C19H23NO4S/c1-23-14-6-7-17(24-2)15(11-14)18(13-8-10-25-12-13)20-9-4-3-5-16(20)19(21)22/h6-8,10-12,16,18H,3-5,9H2,1-2H3,(H,21,22). The number of hydrogen-bond acceptors (Lipinski definition) is 5. The molecule has 1 aliphatic heterocycles. The maximum atomic E-state index is 11.9. The molecular weight excluding hydrogens is 338 g/mol. The smallest absolute Gasteiger partial charge is 0.320 e. The van der Waals surface area contributed by atoms with Crippen LogP contribution in [0.3, 0.4) is 0 Å². The Morgan fingerprint density at radius 2 is 2.12 bits per heavy atom. The summed E-state index contributed by atoms with van der Waals surface area (Å²) in [5.74, 6) is 0.716. The maximum Gasteiger partial charge on any atom is 0.320 e. The first-order valence-corrected chi connectivity index (χ1v) is 9.32. The molecule has 0 radical (unpaired) electrons. The van der Waals surface area contributed by atoms with Crippen LogP contribution < -0.4 is 9.47 Å². The molecule has 1 N–H and O–H groups in total. The molecule has 1 aromatic heterocycles. The minimum absolute atomic E-state index is 0.169. The van der Waals surface area contributed by atoms with Gasteiger partial charge in [0.25, 0.3) is 0 Å². The van der Waals surface area contributed by atoms with Gasteiger partial charge in [0.1, 0.15) is 17.5 Å². The Morgan fingerprint density at radius 3 is 2.76 bits per heavy atom. The average Bonchev–Trinajstić information content (AvgIpc) is 3.16. The van der Waals surface area contributed by atoms with Crippen molar-refractivity contribution in [3.05, 3.63) is 46.2 Å². The number of ether oxygens (including phenoxy) is 2. The van der Waals surface area contributed by atoms with Gasteiger partial charge in [0.15, 0.2) is 0 Å². The van der Waals surface area contributed by atoms with Crippen molar-refractivity contribution in [2.45, 2.75) is 31.3 Å². The van der Waals surface area contributed by atoms with Crippen LogP contribution in [0.25, 0.3) is 0 Å². The van der Waals surface area contributed by atoms with Crippen LogP contribution in [0.1, 0.15) is 36.4 Å². The lowest BCUT2D eigenvalue weighted by molar-refractivity contribution is -0.145. The molecule has 25 heavy (non-hydrogen) atoms. The predicted octanol–water partition coefficient (Wildman–Crippen LogP) is 3.79. The number of thiophene rings is 1. The van der Waals surface area contributed by atoms with E-state index in [1.807, 2.05) is 23.6 Å². The van der Waals surface area contributed by atoms with Crippen LogP contribution >= 0.6 is 11.3 Å². The first-order valence-electron chi connectivity index (χ1n) is 8.38. The van der Waals surface area contributed by atoms with Gasteiger partial charge in [0.05, 0.1) is 20.3 Å². The summed E-state index contributed by atoms with van der Waals surface area (Å²) >= 11 is 1.61. The van der Waals surface area contributed by atoms with Gasteiger partial charge in [-0.1, -0.05) is 6.42 Å². The number of likely N-dealkylation sites (tertiary alicyclic amines) is 1. The fourth-order valence-corrected chi connectivity index (χ4v) is 4.24. The van der Waals surface area contributed by atoms with Crippen LogP contribution in [0, 0.1) is 0 Å². The largest absolute Gasteiger partial charge is 0.497 e. The summed E-state index contributed by atoms with van der Waals surface area (Å²) in [6.45, 7) is 0.748. The van der Waals surface area contributed by atoms with E-state index in [2.05, 4.69) is 16.3 Å². The third kappa shape index (κ3) is 3.65. The lowest BCUT2D eigenvalue weighted by Gasteiger charge is -2.39. The Kier molecular flexibility index (Phi) is 5.60. The molecule has 2 unspecified atom stereocenters. The van der Waals surface area contributed by atoms with E-state index in [1.54, 1.807) is 25.6 Å². The minimum atomic E-state index is -0.762. The number of carboxylic acid groups (broad SMARTS) is 1. The van der Waals surface area contributed by atoms with Crippen molar-refractivity contribution in [3.8, 4) is 11.5 Å². The first-order chi connectivity index (χ1) is 12.2. The normalized spacial score (nSPS) is 19.4. The van der Waals surface area contributed by atoms with E-state index in [0.717, 1.165) is 42.0 Å². The zero-order valence-electron chi connectivity index (χ0n) is 14.5. The van der Waals surface area contributed by atoms with E-state index >= 15 is 0 Å². The Morgan fingerprint density at radius 1 is 1.28 bits per heavy atom. The first kappa shape index (κ1) is 17.8. The van der Waals surface area contributed by atoms with E-state index in [1.165, 1.54) is 0 Å². The number of nitrogens with zero attached hydrogens (tertiary/aromatic N) is 1. The summed E-state index contributed by atoms with van der Waals surface area (Å²) in [6.07, 6.45) is 2.61. The fourth-order valence-electron chi connectivity index (χ4n) is 3.56. The Bertz CT molecular complexity index is 716. The van der Waals surface area contributed by atoms with Gasteiger partial charge in [-0.05, 0) is 60.0 Å². The van der Waals surface area contributed by atoms with Crippen LogP contribution in [-0.2, 0) is 4.79 Å². The van der Waals surface area contributed by atoms with Gasteiger partial charge in [-0.2, -0.15) is 11.3 Å². The molecule has 5 nitrogen and oxygen atoms in total. The number of carboxylic acids is 1. The van der Waals surface area contributed by atoms with Crippen LogP contribution in [-0.4, -0.2) is 42.8 Å². The van der Waals surface area contributed by atoms with Crippen molar-refractivity contribution in [1.29, 1.82) is 0 Å². The average molecular weight is 361 g/mol. The van der Waals surface area contributed by atoms with Crippen LogP contribution in [0.5, 0.6) is 11.5 Å². The molecule has 6 heteroatoms. The molecule has 1 aromatic carbocycles. The van der Waals surface area contributed by atoms with E-state index in [4.69, 9.17) is 9.47 Å². The fraction of sp³-hybridized carbons (Fsp3) is 0.421. The van der Waals surface area contributed by atoms with Crippen LogP contribution in [0.4, 0.5) is 0 Å². The summed E-state index contributed by atoms with van der Waals surface area (Å²) < 4.78 is 11.0. The van der Waals surface area contributed by atoms with Crippen molar-refractivity contribution >= 4 is 17.3 Å². The molecule has 0 amide bonds. The number of hydrogen-bond donors (Lipinski definition) is 1. The summed E-state index contributed by atoms with van der Waals surface area (Å²) in [4.78, 5) is 13.9. The Hall–Kier alpha value is -2.05. The molecule has 0 bridgehead atoms. The molecule has 2 heterocycles. The summed E-state index contributed by atoms with van der Waals surface area (Å²) in [7, 11) is 3.27. The lowest BCUT2D eigenvalue weighted by atomic mass is 9.92. The van der Waals surface area contributed by atoms with Gasteiger partial charge in [0, 0.05) is 5.56 Å². The highest BCUT2D eigenvalue weighted by molar-refractivity contribution is 7.08. The monoisotopic (exact) mass is 361 g/mol. The summed E-state index contributed by atoms with van der Waals surface area (Å²) in [5, 5.41) is 13.8. The second-order valence-electron chi connectivity index (χ2n) is 6.15. The predicted molar refractivity (Wildman–Crippen MR) is 97.7 cm³/mol. The second kappa shape index (κ2) is 7.89. The van der Waals surface area contributed by atoms with Crippen LogP contribution in [0.15, 0.2) is 35.0 Å². The molecular formula is C19H23NO4S. The maximum absolute atomic E-state index is 11.9. The van der Waals surface area contributed by atoms with Crippen molar-refractivity contribution in [2.75, 3.05) is 20.8 Å². The molecule has 134 valence electrons. The van der Waals surface area contributed by atoms with Gasteiger partial charge in [0.2, 0.25) is 0 Å².